The Kier molecular flexibility index (Phi) is 3.95. The number of nitro benzene ring substituents is 1. The van der Waals surface area contributed by atoms with Gasteiger partial charge in [-0.2, -0.15) is 0 Å². The molecule has 1 heterocycles. The van der Waals surface area contributed by atoms with Crippen LogP contribution in [0.2, 0.25) is 0 Å². The summed E-state index contributed by atoms with van der Waals surface area (Å²) in [6.45, 7) is 3.99. The lowest BCUT2D eigenvalue weighted by Gasteiger charge is -2.11. The molecule has 0 aliphatic heterocycles. The van der Waals surface area contributed by atoms with E-state index in [0.717, 1.165) is 22.0 Å². The number of pyridine rings is 1. The van der Waals surface area contributed by atoms with E-state index in [4.69, 9.17) is 0 Å². The second-order valence-electron chi connectivity index (χ2n) is 5.52. The number of amides is 1. The predicted molar refractivity (Wildman–Crippen MR) is 92.3 cm³/mol. The van der Waals surface area contributed by atoms with Crippen LogP contribution in [0.15, 0.2) is 48.7 Å². The number of hydrogen-bond acceptors (Lipinski definition) is 4. The van der Waals surface area contributed by atoms with Crippen molar-refractivity contribution in [2.75, 3.05) is 5.32 Å². The summed E-state index contributed by atoms with van der Waals surface area (Å²) in [7, 11) is 0. The van der Waals surface area contributed by atoms with Crippen LogP contribution in [0.1, 0.15) is 21.5 Å². The molecule has 0 saturated carbocycles. The lowest BCUT2D eigenvalue weighted by molar-refractivity contribution is -0.384. The molecular formula is C18H15N3O3. The Balaban J connectivity index is 1.98. The zero-order valence-electron chi connectivity index (χ0n) is 13.2. The van der Waals surface area contributed by atoms with Gasteiger partial charge in [0.05, 0.1) is 16.1 Å². The Labute approximate surface area is 138 Å². The van der Waals surface area contributed by atoms with Crippen LogP contribution in [0.3, 0.4) is 0 Å². The minimum absolute atomic E-state index is 0.117. The number of hydrogen-bond donors (Lipinski definition) is 1. The maximum absolute atomic E-state index is 12.4. The molecule has 1 amide bonds. The Morgan fingerprint density at radius 1 is 1.17 bits per heavy atom. The van der Waals surface area contributed by atoms with Crippen LogP contribution in [0.5, 0.6) is 0 Å². The van der Waals surface area contributed by atoms with Crippen molar-refractivity contribution in [1.29, 1.82) is 0 Å². The minimum atomic E-state index is -0.523. The molecule has 0 fully saturated rings. The van der Waals surface area contributed by atoms with Gasteiger partial charge in [-0.05, 0) is 37.1 Å². The fourth-order valence-electron chi connectivity index (χ4n) is 2.53. The quantitative estimate of drug-likeness (QED) is 0.583. The van der Waals surface area contributed by atoms with Crippen molar-refractivity contribution in [3.8, 4) is 0 Å². The minimum Gasteiger partial charge on any atom is -0.321 e. The first kappa shape index (κ1) is 15.6. The number of nitrogens with one attached hydrogen (secondary N) is 1. The Bertz CT molecular complexity index is 967. The Morgan fingerprint density at radius 3 is 2.71 bits per heavy atom. The molecule has 120 valence electrons. The number of carbonyl (C=O) groups excluding carboxylic acids is 1. The van der Waals surface area contributed by atoms with Crippen molar-refractivity contribution in [1.82, 2.24) is 4.98 Å². The van der Waals surface area contributed by atoms with Gasteiger partial charge in [0.2, 0.25) is 0 Å². The maximum atomic E-state index is 12.4. The number of nitro groups is 1. The summed E-state index contributed by atoms with van der Waals surface area (Å²) >= 11 is 0. The first-order chi connectivity index (χ1) is 11.5. The maximum Gasteiger partial charge on any atom is 0.270 e. The largest absolute Gasteiger partial charge is 0.321 e. The molecule has 6 heteroatoms. The van der Waals surface area contributed by atoms with Crippen molar-refractivity contribution < 1.29 is 9.72 Å². The van der Waals surface area contributed by atoms with Crippen LogP contribution in [0, 0.1) is 24.0 Å². The average Bonchev–Trinajstić information content (AvgIpc) is 2.58. The first-order valence-electron chi connectivity index (χ1n) is 7.38. The van der Waals surface area contributed by atoms with Crippen molar-refractivity contribution >= 4 is 28.2 Å². The summed E-state index contributed by atoms with van der Waals surface area (Å²) in [5, 5.41) is 14.5. The molecule has 1 aromatic heterocycles. The summed E-state index contributed by atoms with van der Waals surface area (Å²) in [4.78, 5) is 27.1. The molecule has 0 radical (unpaired) electrons. The number of rotatable bonds is 3. The highest BCUT2D eigenvalue weighted by Crippen LogP contribution is 2.26. The lowest BCUT2D eigenvalue weighted by Crippen LogP contribution is -2.12. The van der Waals surface area contributed by atoms with Gasteiger partial charge in [-0.25, -0.2) is 0 Å². The molecule has 0 bridgehead atoms. The molecule has 3 rings (SSSR count). The van der Waals surface area contributed by atoms with E-state index in [0.29, 0.717) is 5.69 Å². The molecule has 24 heavy (non-hydrogen) atoms. The second-order valence-corrected chi connectivity index (χ2v) is 5.52. The molecule has 2 aromatic carbocycles. The SMILES string of the molecule is Cc1ccc2c(NC(=O)c3cccc([N+](=O)[O-])c3)ccnc2c1C. The zero-order valence-corrected chi connectivity index (χ0v) is 13.2. The summed E-state index contributed by atoms with van der Waals surface area (Å²) in [5.74, 6) is -0.399. The van der Waals surface area contributed by atoms with Gasteiger partial charge in [-0.15, -0.1) is 0 Å². The van der Waals surface area contributed by atoms with Crippen LogP contribution in [0.4, 0.5) is 11.4 Å². The van der Waals surface area contributed by atoms with E-state index in [1.54, 1.807) is 18.3 Å². The Hall–Kier alpha value is -3.28. The highest BCUT2D eigenvalue weighted by molar-refractivity contribution is 6.09. The van der Waals surface area contributed by atoms with Crippen LogP contribution in [-0.4, -0.2) is 15.8 Å². The molecule has 1 N–H and O–H groups in total. The van der Waals surface area contributed by atoms with Gasteiger partial charge in [-0.3, -0.25) is 19.9 Å². The topological polar surface area (TPSA) is 85.1 Å². The van der Waals surface area contributed by atoms with Gasteiger partial charge in [-0.1, -0.05) is 18.2 Å². The van der Waals surface area contributed by atoms with E-state index in [9.17, 15) is 14.9 Å². The number of nitrogens with zero attached hydrogens (tertiary/aromatic N) is 2. The molecule has 0 saturated heterocycles. The number of non-ortho nitro benzene ring substituents is 1. The van der Waals surface area contributed by atoms with Gasteiger partial charge in [0.25, 0.3) is 11.6 Å². The average molecular weight is 321 g/mol. The van der Waals surface area contributed by atoms with Crippen molar-refractivity contribution in [3.05, 3.63) is 75.5 Å². The third-order valence-electron chi connectivity index (χ3n) is 4.00. The van der Waals surface area contributed by atoms with Crippen LogP contribution < -0.4 is 5.32 Å². The van der Waals surface area contributed by atoms with Gasteiger partial charge < -0.3 is 5.32 Å². The third kappa shape index (κ3) is 2.81. The van der Waals surface area contributed by atoms with Gasteiger partial charge in [0.1, 0.15) is 0 Å². The lowest BCUT2D eigenvalue weighted by atomic mass is 10.0. The smallest absolute Gasteiger partial charge is 0.270 e. The molecule has 0 atom stereocenters. The van der Waals surface area contributed by atoms with E-state index >= 15 is 0 Å². The number of anilines is 1. The molecular weight excluding hydrogens is 306 g/mol. The summed E-state index contributed by atoms with van der Waals surface area (Å²) in [6.07, 6.45) is 1.64. The van der Waals surface area contributed by atoms with Crippen LogP contribution >= 0.6 is 0 Å². The number of fused-ring (bicyclic) bond motifs is 1. The molecule has 6 nitrogen and oxygen atoms in total. The van der Waals surface area contributed by atoms with Gasteiger partial charge >= 0.3 is 0 Å². The molecule has 0 aliphatic carbocycles. The van der Waals surface area contributed by atoms with Crippen LogP contribution in [-0.2, 0) is 0 Å². The number of benzene rings is 2. The Morgan fingerprint density at radius 2 is 1.96 bits per heavy atom. The summed E-state index contributed by atoms with van der Waals surface area (Å²) < 4.78 is 0. The molecule has 0 unspecified atom stereocenters. The fraction of sp³-hybridized carbons (Fsp3) is 0.111. The fourth-order valence-corrected chi connectivity index (χ4v) is 2.53. The van der Waals surface area contributed by atoms with E-state index in [1.165, 1.54) is 18.2 Å². The zero-order chi connectivity index (χ0) is 17.3. The highest BCUT2D eigenvalue weighted by Gasteiger charge is 2.13. The van der Waals surface area contributed by atoms with E-state index in [1.807, 2.05) is 26.0 Å². The number of carbonyl (C=O) groups is 1. The van der Waals surface area contributed by atoms with Gasteiger partial charge in [0.15, 0.2) is 0 Å². The number of aryl methyl sites for hydroxylation is 2. The summed E-state index contributed by atoms with van der Waals surface area (Å²) in [6, 6.07) is 11.2. The standard InChI is InChI=1S/C18H15N3O3/c1-11-6-7-15-16(8-9-19-17(15)12(11)2)20-18(22)13-4-3-5-14(10-13)21(23)24/h3-10H,1-2H3,(H,19,20,22). The molecule has 0 spiro atoms. The normalized spacial score (nSPS) is 10.6. The van der Waals surface area contributed by atoms with Crippen molar-refractivity contribution in [3.63, 3.8) is 0 Å². The predicted octanol–water partition coefficient (Wildman–Crippen LogP) is 4.01. The van der Waals surface area contributed by atoms with Crippen LogP contribution in [0.25, 0.3) is 10.9 Å². The van der Waals surface area contributed by atoms with Gasteiger partial charge in [0, 0.05) is 29.3 Å². The van der Waals surface area contributed by atoms with Crippen molar-refractivity contribution in [2.45, 2.75) is 13.8 Å². The van der Waals surface area contributed by atoms with E-state index in [2.05, 4.69) is 10.3 Å². The highest BCUT2D eigenvalue weighted by atomic mass is 16.6. The van der Waals surface area contributed by atoms with Crippen molar-refractivity contribution in [2.24, 2.45) is 0 Å². The third-order valence-corrected chi connectivity index (χ3v) is 4.00. The molecule has 0 aliphatic rings. The second kappa shape index (κ2) is 6.08. The van der Waals surface area contributed by atoms with E-state index in [-0.39, 0.29) is 11.3 Å². The number of aromatic nitrogens is 1. The van der Waals surface area contributed by atoms with E-state index < -0.39 is 10.8 Å². The summed E-state index contributed by atoms with van der Waals surface area (Å²) in [5.41, 5.74) is 3.74. The molecule has 3 aromatic rings. The monoisotopic (exact) mass is 321 g/mol. The first-order valence-corrected chi connectivity index (χ1v) is 7.38.